The molecule has 2 aromatic heterocycles. The van der Waals surface area contributed by atoms with Crippen LogP contribution in [0.4, 0.5) is 5.82 Å². The van der Waals surface area contributed by atoms with Crippen LogP contribution in [0.25, 0.3) is 0 Å². The Labute approximate surface area is 233 Å². The summed E-state index contributed by atoms with van der Waals surface area (Å²) in [4.78, 5) is 44.0. The second-order valence-electron chi connectivity index (χ2n) is 11.5. The van der Waals surface area contributed by atoms with E-state index in [2.05, 4.69) is 20.3 Å². The van der Waals surface area contributed by atoms with Crippen LogP contribution in [0, 0.1) is 12.3 Å². The van der Waals surface area contributed by atoms with E-state index in [4.69, 9.17) is 15.5 Å². The Kier molecular flexibility index (Phi) is 6.70. The monoisotopic (exact) mass is 538 g/mol. The molecule has 1 unspecified atom stereocenters. The number of nitrogens with two attached hydrogens (primary N) is 1. The van der Waals surface area contributed by atoms with Gasteiger partial charge in [-0.15, -0.1) is 0 Å². The zero-order valence-corrected chi connectivity index (χ0v) is 22.9. The van der Waals surface area contributed by atoms with Crippen molar-refractivity contribution >= 4 is 23.2 Å². The molecule has 9 nitrogen and oxygen atoms in total. The van der Waals surface area contributed by atoms with Crippen LogP contribution in [0.15, 0.2) is 53.9 Å². The topological polar surface area (TPSA) is 132 Å². The van der Waals surface area contributed by atoms with Gasteiger partial charge >= 0.3 is 0 Å². The maximum Gasteiger partial charge on any atom is 0.222 e. The van der Waals surface area contributed by atoms with Crippen LogP contribution < -0.4 is 11.1 Å². The van der Waals surface area contributed by atoms with Gasteiger partial charge in [0.1, 0.15) is 18.2 Å². The average Bonchev–Trinajstić information content (AvgIpc) is 3.63. The van der Waals surface area contributed by atoms with Crippen LogP contribution in [-0.2, 0) is 16.0 Å². The highest BCUT2D eigenvalue weighted by Gasteiger charge is 2.59. The first-order valence-corrected chi connectivity index (χ1v) is 13.9. The third-order valence-electron chi connectivity index (χ3n) is 8.81. The van der Waals surface area contributed by atoms with Crippen molar-refractivity contribution in [2.45, 2.75) is 63.5 Å². The van der Waals surface area contributed by atoms with Gasteiger partial charge in [0.25, 0.3) is 0 Å². The number of nitrogens with zero attached hydrogens (tertiary/aromatic N) is 4. The highest BCUT2D eigenvalue weighted by molar-refractivity contribution is 6.08. The summed E-state index contributed by atoms with van der Waals surface area (Å²) < 4.78 is 5.08. The minimum Gasteiger partial charge on any atom is -0.384 e. The Hall–Kier alpha value is -3.98. The number of carbonyl (C=O) groups excluding carboxylic acids is 2. The maximum absolute atomic E-state index is 12.9. The number of aliphatic imine (C=N–C) groups is 1. The predicted molar refractivity (Wildman–Crippen MR) is 151 cm³/mol. The molecule has 0 spiro atoms. The molecule has 3 heterocycles. The molecule has 6 rings (SSSR count). The Morgan fingerprint density at radius 3 is 2.58 bits per heavy atom. The number of nitrogen functional groups attached to an aromatic ring is 1. The molecule has 9 heteroatoms. The number of anilines is 1. The summed E-state index contributed by atoms with van der Waals surface area (Å²) in [6.45, 7) is 2.40. The minimum absolute atomic E-state index is 0.0168. The number of amides is 1. The van der Waals surface area contributed by atoms with Gasteiger partial charge in [0.15, 0.2) is 5.78 Å². The van der Waals surface area contributed by atoms with Crippen LogP contribution >= 0.6 is 0 Å². The molecule has 3 aliphatic rings. The van der Waals surface area contributed by atoms with Crippen molar-refractivity contribution in [2.75, 3.05) is 19.5 Å². The number of carbonyl (C=O) groups is 2. The molecule has 0 radical (unpaired) electrons. The number of nitrogens with one attached hydrogen (secondary N) is 1. The van der Waals surface area contributed by atoms with Gasteiger partial charge in [-0.3, -0.25) is 19.6 Å². The first-order chi connectivity index (χ1) is 19.3. The summed E-state index contributed by atoms with van der Waals surface area (Å²) in [6, 6.07) is 11.1. The lowest BCUT2D eigenvalue weighted by molar-refractivity contribution is -0.123. The van der Waals surface area contributed by atoms with E-state index in [9.17, 15) is 9.59 Å². The van der Waals surface area contributed by atoms with E-state index < -0.39 is 0 Å². The number of Topliss-reactive ketones (excluding diaryl/α,β-unsaturated/α-hetero) is 1. The Morgan fingerprint density at radius 2 is 1.85 bits per heavy atom. The summed E-state index contributed by atoms with van der Waals surface area (Å²) in [7, 11) is 1.61. The molecule has 2 bridgehead atoms. The zero-order chi connectivity index (χ0) is 27.9. The van der Waals surface area contributed by atoms with Gasteiger partial charge in [-0.2, -0.15) is 0 Å². The van der Waals surface area contributed by atoms with Gasteiger partial charge in [0.05, 0.1) is 30.0 Å². The molecule has 40 heavy (non-hydrogen) atoms. The lowest BCUT2D eigenvalue weighted by Gasteiger charge is -2.28. The largest absolute Gasteiger partial charge is 0.384 e. The summed E-state index contributed by atoms with van der Waals surface area (Å²) in [5.41, 5.74) is 12.1. The molecule has 1 aliphatic heterocycles. The van der Waals surface area contributed by atoms with Crippen LogP contribution in [0.3, 0.4) is 0 Å². The normalized spacial score (nSPS) is 24.6. The molecule has 1 amide bonds. The quantitative estimate of drug-likeness (QED) is 0.394. The minimum atomic E-state index is -0.338. The number of rotatable bonds is 9. The molecule has 2 saturated carbocycles. The number of hydrogen-bond acceptors (Lipinski definition) is 8. The van der Waals surface area contributed by atoms with Gasteiger partial charge in [-0.1, -0.05) is 24.3 Å². The van der Waals surface area contributed by atoms with Crippen LogP contribution in [0.1, 0.15) is 83.0 Å². The van der Waals surface area contributed by atoms with E-state index in [1.54, 1.807) is 13.3 Å². The number of ether oxygens (including phenoxy) is 1. The zero-order valence-electron chi connectivity index (χ0n) is 22.9. The predicted octanol–water partition coefficient (Wildman–Crippen LogP) is 3.94. The van der Waals surface area contributed by atoms with Crippen LogP contribution in [-0.4, -0.2) is 51.6 Å². The lowest BCUT2D eigenvalue weighted by Crippen LogP contribution is -2.45. The van der Waals surface area contributed by atoms with E-state index >= 15 is 0 Å². The number of aryl methyl sites for hydroxylation is 1. The van der Waals surface area contributed by atoms with Crippen molar-refractivity contribution in [3.05, 3.63) is 82.6 Å². The van der Waals surface area contributed by atoms with Gasteiger partial charge in [-0.05, 0) is 62.3 Å². The summed E-state index contributed by atoms with van der Waals surface area (Å²) in [6.07, 6.45) is 8.40. The highest BCUT2D eigenvalue weighted by Crippen LogP contribution is 2.59. The van der Waals surface area contributed by atoms with Crippen molar-refractivity contribution in [3.8, 4) is 0 Å². The molecule has 2 aliphatic carbocycles. The summed E-state index contributed by atoms with van der Waals surface area (Å²) in [5, 5.41) is 3.31. The Bertz CT molecular complexity index is 1490. The molecule has 1 aromatic carbocycles. The second kappa shape index (κ2) is 10.2. The maximum atomic E-state index is 12.9. The standard InChI is InChI=1S/C31H34N6O3/c1-19-7-13-33-22(15-19)16-23(38)20-3-5-21(6-4-20)26-25-27(34-18-35-29(25)32)28(36-26)30-9-11-31(17-30,12-10-30)37-24(39)8-14-40-2/h3-7,13,15,18,26H,8-12,14,16-17H2,1-2H3,(H,37,39)(H2,32,34,35). The number of methoxy groups -OCH3 is 1. The first kappa shape index (κ1) is 26.3. The van der Waals surface area contributed by atoms with Crippen molar-refractivity contribution in [2.24, 2.45) is 10.4 Å². The van der Waals surface area contributed by atoms with E-state index in [0.717, 1.165) is 65.9 Å². The lowest BCUT2D eigenvalue weighted by atomic mass is 9.78. The number of fused-ring (bicyclic) bond motifs is 3. The molecule has 3 aromatic rings. The summed E-state index contributed by atoms with van der Waals surface area (Å²) in [5.74, 6) is 0.472. The number of aromatic nitrogens is 3. The van der Waals surface area contributed by atoms with Crippen LogP contribution in [0.5, 0.6) is 0 Å². The van der Waals surface area contributed by atoms with E-state index in [1.807, 2.05) is 43.3 Å². The van der Waals surface area contributed by atoms with Crippen molar-refractivity contribution in [1.29, 1.82) is 0 Å². The second-order valence-corrected chi connectivity index (χ2v) is 11.5. The number of benzene rings is 1. The van der Waals surface area contributed by atoms with Gasteiger partial charge in [-0.25, -0.2) is 9.97 Å². The average molecular weight is 539 g/mol. The molecular formula is C31H34N6O3. The first-order valence-electron chi connectivity index (χ1n) is 13.9. The smallest absolute Gasteiger partial charge is 0.222 e. The van der Waals surface area contributed by atoms with E-state index in [1.165, 1.54) is 6.33 Å². The molecule has 3 N–H and O–H groups in total. The SMILES string of the molecule is COCCC(=O)NC12CCC(C3=NC(c4ccc(C(=O)Cc5cc(C)ccn5)cc4)c4c(N)ncnc43)(CC1)C2. The van der Waals surface area contributed by atoms with Crippen molar-refractivity contribution in [1.82, 2.24) is 20.3 Å². The van der Waals surface area contributed by atoms with Gasteiger partial charge < -0.3 is 15.8 Å². The molecule has 206 valence electrons. The fraction of sp³-hybridized carbons (Fsp3) is 0.419. The number of pyridine rings is 1. The highest BCUT2D eigenvalue weighted by atomic mass is 16.5. The molecule has 2 fully saturated rings. The third kappa shape index (κ3) is 4.68. The van der Waals surface area contributed by atoms with E-state index in [-0.39, 0.29) is 35.1 Å². The summed E-state index contributed by atoms with van der Waals surface area (Å²) >= 11 is 0. The van der Waals surface area contributed by atoms with Gasteiger partial charge in [0, 0.05) is 41.9 Å². The van der Waals surface area contributed by atoms with Crippen LogP contribution in [0.2, 0.25) is 0 Å². The van der Waals surface area contributed by atoms with E-state index in [0.29, 0.717) is 24.4 Å². The van der Waals surface area contributed by atoms with Crippen molar-refractivity contribution in [3.63, 3.8) is 0 Å². The van der Waals surface area contributed by atoms with Gasteiger partial charge in [0.2, 0.25) is 5.91 Å². The Balaban J connectivity index is 1.26. The molecular weight excluding hydrogens is 504 g/mol. The Morgan fingerprint density at radius 1 is 1.07 bits per heavy atom. The fourth-order valence-electron chi connectivity index (χ4n) is 6.82. The number of ketones is 1. The van der Waals surface area contributed by atoms with Crippen molar-refractivity contribution < 1.29 is 14.3 Å². The molecule has 1 atom stereocenters. The number of hydrogen-bond donors (Lipinski definition) is 2. The fourth-order valence-corrected chi connectivity index (χ4v) is 6.82. The third-order valence-corrected chi connectivity index (χ3v) is 8.81. The molecule has 0 saturated heterocycles.